The van der Waals surface area contributed by atoms with E-state index in [0.29, 0.717) is 23.0 Å². The van der Waals surface area contributed by atoms with E-state index in [4.69, 9.17) is 0 Å². The molecule has 0 aliphatic heterocycles. The number of hydrogen-bond donors (Lipinski definition) is 2. The Morgan fingerprint density at radius 2 is 2.14 bits per heavy atom. The Labute approximate surface area is 131 Å². The third-order valence-electron chi connectivity index (χ3n) is 4.09. The number of aromatic nitrogens is 3. The summed E-state index contributed by atoms with van der Waals surface area (Å²) in [5.74, 6) is 0.528. The number of H-pyrrole nitrogens is 1. The van der Waals surface area contributed by atoms with E-state index >= 15 is 0 Å². The lowest BCUT2D eigenvalue weighted by atomic mass is 10.1. The van der Waals surface area contributed by atoms with E-state index in [1.165, 1.54) is 12.8 Å². The maximum absolute atomic E-state index is 12.5. The van der Waals surface area contributed by atoms with Crippen molar-refractivity contribution in [1.82, 2.24) is 15.0 Å². The third-order valence-corrected chi connectivity index (χ3v) is 4.99. The molecule has 0 bridgehead atoms. The zero-order chi connectivity index (χ0) is 14.9. The quantitative estimate of drug-likeness (QED) is 0.777. The van der Waals surface area contributed by atoms with Crippen LogP contribution in [0.4, 0.5) is 5.95 Å². The molecule has 0 atom stereocenters. The fourth-order valence-electron chi connectivity index (χ4n) is 3.03. The number of hydrogen-bond acceptors (Lipinski definition) is 5. The van der Waals surface area contributed by atoms with Crippen LogP contribution in [0.15, 0.2) is 34.6 Å². The highest BCUT2D eigenvalue weighted by molar-refractivity contribution is 7.13. The van der Waals surface area contributed by atoms with Crippen molar-refractivity contribution >= 4 is 28.3 Å². The van der Waals surface area contributed by atoms with Crippen LogP contribution in [0, 0.1) is 0 Å². The normalized spacial score (nSPS) is 15.5. The lowest BCUT2D eigenvalue weighted by molar-refractivity contribution is 0.744. The third kappa shape index (κ3) is 2.39. The van der Waals surface area contributed by atoms with Crippen molar-refractivity contribution in [3.05, 3.63) is 40.1 Å². The number of pyridine rings is 1. The summed E-state index contributed by atoms with van der Waals surface area (Å²) < 4.78 is 0. The number of aromatic amines is 1. The summed E-state index contributed by atoms with van der Waals surface area (Å²) in [7, 11) is 0. The molecule has 0 saturated heterocycles. The van der Waals surface area contributed by atoms with Crippen LogP contribution < -0.4 is 10.9 Å². The number of thiophene rings is 1. The maximum atomic E-state index is 12.5. The molecule has 1 aliphatic carbocycles. The van der Waals surface area contributed by atoms with Gasteiger partial charge in [-0.2, -0.15) is 4.98 Å². The largest absolute Gasteiger partial charge is 0.353 e. The van der Waals surface area contributed by atoms with Crippen LogP contribution in [0.5, 0.6) is 0 Å². The molecule has 1 saturated carbocycles. The molecule has 22 heavy (non-hydrogen) atoms. The lowest BCUT2D eigenvalue weighted by Crippen LogP contribution is -2.20. The minimum atomic E-state index is -0.137. The Balaban J connectivity index is 1.80. The van der Waals surface area contributed by atoms with Gasteiger partial charge in [0.1, 0.15) is 0 Å². The molecule has 0 spiro atoms. The van der Waals surface area contributed by atoms with Gasteiger partial charge in [0.2, 0.25) is 5.95 Å². The van der Waals surface area contributed by atoms with E-state index in [1.54, 1.807) is 17.5 Å². The van der Waals surface area contributed by atoms with Gasteiger partial charge in [-0.15, -0.1) is 11.3 Å². The van der Waals surface area contributed by atoms with Crippen LogP contribution in [0.3, 0.4) is 0 Å². The first-order valence-corrected chi connectivity index (χ1v) is 8.39. The van der Waals surface area contributed by atoms with E-state index in [1.807, 2.05) is 23.6 Å². The van der Waals surface area contributed by atoms with Gasteiger partial charge in [0.15, 0.2) is 5.65 Å². The van der Waals surface area contributed by atoms with Crippen molar-refractivity contribution in [2.24, 2.45) is 0 Å². The molecule has 5 nitrogen and oxygen atoms in total. The van der Waals surface area contributed by atoms with E-state index in [9.17, 15) is 4.79 Å². The molecule has 0 aromatic carbocycles. The molecule has 0 amide bonds. The summed E-state index contributed by atoms with van der Waals surface area (Å²) in [6, 6.07) is 6.25. The molecule has 0 unspecified atom stereocenters. The summed E-state index contributed by atoms with van der Waals surface area (Å²) >= 11 is 1.61. The summed E-state index contributed by atoms with van der Waals surface area (Å²) in [6.07, 6.45) is 6.44. The lowest BCUT2D eigenvalue weighted by Gasteiger charge is -2.12. The predicted octanol–water partition coefficient (Wildman–Crippen LogP) is 3.40. The SMILES string of the molecule is O=c1[nH]c(NC2CCCC2)nc2nccc(-c3cccs3)c12. The molecule has 1 fully saturated rings. The van der Waals surface area contributed by atoms with Crippen molar-refractivity contribution in [3.8, 4) is 10.4 Å². The first-order valence-electron chi connectivity index (χ1n) is 7.51. The monoisotopic (exact) mass is 312 g/mol. The van der Waals surface area contributed by atoms with E-state index < -0.39 is 0 Å². The van der Waals surface area contributed by atoms with Crippen LogP contribution in [0.1, 0.15) is 25.7 Å². The van der Waals surface area contributed by atoms with Crippen LogP contribution >= 0.6 is 11.3 Å². The second kappa shape index (κ2) is 5.53. The van der Waals surface area contributed by atoms with E-state index in [-0.39, 0.29) is 5.56 Å². The molecule has 3 aromatic rings. The molecule has 112 valence electrons. The molecule has 0 radical (unpaired) electrons. The van der Waals surface area contributed by atoms with Crippen molar-refractivity contribution in [3.63, 3.8) is 0 Å². The number of nitrogens with zero attached hydrogens (tertiary/aromatic N) is 2. The van der Waals surface area contributed by atoms with Crippen molar-refractivity contribution < 1.29 is 0 Å². The van der Waals surface area contributed by atoms with Crippen LogP contribution in [0.2, 0.25) is 0 Å². The second-order valence-electron chi connectivity index (χ2n) is 5.57. The molecule has 3 aromatic heterocycles. The summed E-state index contributed by atoms with van der Waals surface area (Å²) in [4.78, 5) is 25.2. The Morgan fingerprint density at radius 3 is 2.91 bits per heavy atom. The van der Waals surface area contributed by atoms with Gasteiger partial charge in [0.05, 0.1) is 5.39 Å². The Hall–Kier alpha value is -2.21. The highest BCUT2D eigenvalue weighted by Crippen LogP contribution is 2.28. The minimum Gasteiger partial charge on any atom is -0.353 e. The smallest absolute Gasteiger partial charge is 0.262 e. The highest BCUT2D eigenvalue weighted by atomic mass is 32.1. The fourth-order valence-corrected chi connectivity index (χ4v) is 3.79. The maximum Gasteiger partial charge on any atom is 0.262 e. The molecule has 2 N–H and O–H groups in total. The zero-order valence-corrected chi connectivity index (χ0v) is 12.8. The molecular weight excluding hydrogens is 296 g/mol. The van der Waals surface area contributed by atoms with Crippen LogP contribution in [-0.2, 0) is 0 Å². The average molecular weight is 312 g/mol. The van der Waals surface area contributed by atoms with Gasteiger partial charge in [-0.1, -0.05) is 18.9 Å². The summed E-state index contributed by atoms with van der Waals surface area (Å²) in [5.41, 5.74) is 1.25. The highest BCUT2D eigenvalue weighted by Gasteiger charge is 2.17. The molecule has 6 heteroatoms. The predicted molar refractivity (Wildman–Crippen MR) is 89.4 cm³/mol. The first-order chi connectivity index (χ1) is 10.8. The van der Waals surface area contributed by atoms with Gasteiger partial charge >= 0.3 is 0 Å². The molecular formula is C16H16N4OS. The minimum absolute atomic E-state index is 0.137. The second-order valence-corrected chi connectivity index (χ2v) is 6.52. The molecule has 1 aliphatic rings. The average Bonchev–Trinajstić information content (AvgIpc) is 3.19. The van der Waals surface area contributed by atoms with Crippen molar-refractivity contribution in [2.45, 2.75) is 31.7 Å². The van der Waals surface area contributed by atoms with Crippen molar-refractivity contribution in [1.29, 1.82) is 0 Å². The molecule has 3 heterocycles. The summed E-state index contributed by atoms with van der Waals surface area (Å²) in [6.45, 7) is 0. The number of fused-ring (bicyclic) bond motifs is 1. The number of nitrogens with one attached hydrogen (secondary N) is 2. The number of anilines is 1. The topological polar surface area (TPSA) is 70.7 Å². The van der Waals surface area contributed by atoms with Gasteiger partial charge in [-0.3, -0.25) is 9.78 Å². The van der Waals surface area contributed by atoms with Crippen LogP contribution in [0.25, 0.3) is 21.5 Å². The van der Waals surface area contributed by atoms with E-state index in [0.717, 1.165) is 23.3 Å². The van der Waals surface area contributed by atoms with Crippen LogP contribution in [-0.4, -0.2) is 21.0 Å². The Bertz CT molecular complexity index is 850. The van der Waals surface area contributed by atoms with Crippen molar-refractivity contribution in [2.75, 3.05) is 5.32 Å². The Kier molecular flexibility index (Phi) is 3.38. The Morgan fingerprint density at radius 1 is 1.27 bits per heavy atom. The fraction of sp³-hybridized carbons (Fsp3) is 0.312. The van der Waals surface area contributed by atoms with Gasteiger partial charge in [0.25, 0.3) is 5.56 Å². The number of rotatable bonds is 3. The summed E-state index contributed by atoms with van der Waals surface area (Å²) in [5, 5.41) is 5.88. The van der Waals surface area contributed by atoms with Gasteiger partial charge in [-0.25, -0.2) is 4.98 Å². The van der Waals surface area contributed by atoms with Gasteiger partial charge in [0, 0.05) is 22.7 Å². The van der Waals surface area contributed by atoms with Gasteiger partial charge in [-0.05, 0) is 30.4 Å². The molecule has 4 rings (SSSR count). The zero-order valence-electron chi connectivity index (χ0n) is 12.0. The standard InChI is InChI=1S/C16H16N4OS/c21-15-13-11(12-6-3-9-22-12)7-8-17-14(13)19-16(20-15)18-10-4-1-2-5-10/h3,6-10H,1-2,4-5H2,(H2,17,18,19,20,21). The van der Waals surface area contributed by atoms with E-state index in [2.05, 4.69) is 20.3 Å². The first kappa shape index (κ1) is 13.5. The van der Waals surface area contributed by atoms with Gasteiger partial charge < -0.3 is 5.32 Å².